The molecule has 0 aliphatic carbocycles. The quantitative estimate of drug-likeness (QED) is 0.463. The third-order valence-corrected chi connectivity index (χ3v) is 5.91. The molecule has 162 valence electrons. The zero-order valence-electron chi connectivity index (χ0n) is 17.8. The minimum atomic E-state index is 0.495. The van der Waals surface area contributed by atoms with Crippen LogP contribution in [0.25, 0.3) is 11.3 Å². The van der Waals surface area contributed by atoms with Gasteiger partial charge in [-0.25, -0.2) is 4.98 Å². The van der Waals surface area contributed by atoms with E-state index in [0.717, 1.165) is 41.7 Å². The van der Waals surface area contributed by atoms with Gasteiger partial charge in [-0.2, -0.15) is 0 Å². The van der Waals surface area contributed by atoms with Gasteiger partial charge in [-0.3, -0.25) is 0 Å². The maximum Gasteiger partial charge on any atom is 0.171 e. The first kappa shape index (κ1) is 21.7. The summed E-state index contributed by atoms with van der Waals surface area (Å²) in [7, 11) is 0. The standard InChI is InChI=1S/C24H27ClN4OS/c1-16-11-17(2)15-29(14-16)23-10-7-20(12-26-23)28-24(31)27-13-21-8-9-22(30-21)18-3-5-19(25)6-4-18/h3-10,12,16-17H,11,13-15H2,1-2H3,(H2,27,28,31)/t16-,17-/m0/s1. The van der Waals surface area contributed by atoms with Crippen LogP contribution in [0.5, 0.6) is 0 Å². The maximum atomic E-state index is 5.95. The van der Waals surface area contributed by atoms with Crippen molar-refractivity contribution in [3.63, 3.8) is 0 Å². The monoisotopic (exact) mass is 454 g/mol. The molecule has 3 aromatic rings. The van der Waals surface area contributed by atoms with Crippen LogP contribution in [0.4, 0.5) is 11.5 Å². The topological polar surface area (TPSA) is 53.3 Å². The second kappa shape index (κ2) is 9.71. The van der Waals surface area contributed by atoms with Crippen molar-refractivity contribution >= 4 is 40.4 Å². The predicted molar refractivity (Wildman–Crippen MR) is 132 cm³/mol. The van der Waals surface area contributed by atoms with Crippen LogP contribution in [0.3, 0.4) is 0 Å². The van der Waals surface area contributed by atoms with E-state index in [1.807, 2.05) is 48.7 Å². The number of benzene rings is 1. The fourth-order valence-electron chi connectivity index (χ4n) is 4.08. The van der Waals surface area contributed by atoms with Crippen LogP contribution in [0.15, 0.2) is 59.1 Å². The van der Waals surface area contributed by atoms with Crippen molar-refractivity contribution < 1.29 is 4.42 Å². The summed E-state index contributed by atoms with van der Waals surface area (Å²) >= 11 is 11.4. The van der Waals surface area contributed by atoms with E-state index >= 15 is 0 Å². The van der Waals surface area contributed by atoms with Gasteiger partial charge >= 0.3 is 0 Å². The molecule has 1 aromatic carbocycles. The van der Waals surface area contributed by atoms with Crippen molar-refractivity contribution in [2.75, 3.05) is 23.3 Å². The Morgan fingerprint density at radius 3 is 2.52 bits per heavy atom. The molecule has 2 atom stereocenters. The number of nitrogens with zero attached hydrogens (tertiary/aromatic N) is 2. The second-order valence-corrected chi connectivity index (χ2v) is 9.18. The van der Waals surface area contributed by atoms with E-state index < -0.39 is 0 Å². The van der Waals surface area contributed by atoms with E-state index in [9.17, 15) is 0 Å². The van der Waals surface area contributed by atoms with Crippen LogP contribution < -0.4 is 15.5 Å². The summed E-state index contributed by atoms with van der Waals surface area (Å²) in [5.41, 5.74) is 1.85. The van der Waals surface area contributed by atoms with E-state index in [4.69, 9.17) is 28.2 Å². The first-order valence-electron chi connectivity index (χ1n) is 10.6. The Hall–Kier alpha value is -2.57. The molecule has 0 amide bonds. The average Bonchev–Trinajstić information content (AvgIpc) is 3.22. The van der Waals surface area contributed by atoms with Crippen LogP contribution in [0.2, 0.25) is 5.02 Å². The maximum absolute atomic E-state index is 5.95. The highest BCUT2D eigenvalue weighted by Gasteiger charge is 2.22. The number of anilines is 2. The van der Waals surface area contributed by atoms with Gasteiger partial charge < -0.3 is 20.0 Å². The highest BCUT2D eigenvalue weighted by Crippen LogP contribution is 2.26. The fourth-order valence-corrected chi connectivity index (χ4v) is 4.40. The minimum absolute atomic E-state index is 0.495. The lowest BCUT2D eigenvalue weighted by Gasteiger charge is -2.35. The summed E-state index contributed by atoms with van der Waals surface area (Å²) in [6.07, 6.45) is 3.12. The Morgan fingerprint density at radius 2 is 1.84 bits per heavy atom. The summed E-state index contributed by atoms with van der Waals surface area (Å²) in [5.74, 6) is 4.02. The van der Waals surface area contributed by atoms with Crippen molar-refractivity contribution in [3.05, 3.63) is 65.5 Å². The second-order valence-electron chi connectivity index (χ2n) is 8.34. The van der Waals surface area contributed by atoms with Crippen LogP contribution in [0, 0.1) is 11.8 Å². The van der Waals surface area contributed by atoms with E-state index in [-0.39, 0.29) is 0 Å². The number of thiocarbonyl (C=S) groups is 1. The lowest BCUT2D eigenvalue weighted by molar-refractivity contribution is 0.355. The highest BCUT2D eigenvalue weighted by atomic mass is 35.5. The molecule has 7 heteroatoms. The van der Waals surface area contributed by atoms with Gasteiger partial charge in [-0.1, -0.05) is 25.4 Å². The first-order valence-corrected chi connectivity index (χ1v) is 11.4. The molecule has 0 radical (unpaired) electrons. The van der Waals surface area contributed by atoms with Crippen LogP contribution in [-0.2, 0) is 6.54 Å². The lowest BCUT2D eigenvalue weighted by atomic mass is 9.92. The molecule has 1 aliphatic heterocycles. The van der Waals surface area contributed by atoms with E-state index in [1.165, 1.54) is 6.42 Å². The minimum Gasteiger partial charge on any atom is -0.459 e. The fraction of sp³-hybridized carbons (Fsp3) is 0.333. The molecule has 1 saturated heterocycles. The molecule has 2 N–H and O–H groups in total. The van der Waals surface area contributed by atoms with Gasteiger partial charge in [0.1, 0.15) is 17.3 Å². The van der Waals surface area contributed by atoms with E-state index in [1.54, 1.807) is 0 Å². The van der Waals surface area contributed by atoms with Crippen LogP contribution in [0.1, 0.15) is 26.0 Å². The summed E-state index contributed by atoms with van der Waals surface area (Å²) in [6.45, 7) is 7.23. The molecule has 0 saturated carbocycles. The van der Waals surface area contributed by atoms with Gasteiger partial charge in [-0.05, 0) is 79.0 Å². The number of rotatable bonds is 5. The molecule has 0 unspecified atom stereocenters. The van der Waals surface area contributed by atoms with Crippen molar-refractivity contribution in [3.8, 4) is 11.3 Å². The van der Waals surface area contributed by atoms with Gasteiger partial charge in [0, 0.05) is 23.7 Å². The van der Waals surface area contributed by atoms with Crippen molar-refractivity contribution in [2.24, 2.45) is 11.8 Å². The van der Waals surface area contributed by atoms with Crippen molar-refractivity contribution in [1.29, 1.82) is 0 Å². The SMILES string of the molecule is C[C@H]1C[C@H](C)CN(c2ccc(NC(=S)NCc3ccc(-c4ccc(Cl)cc4)o3)cn2)C1. The third-order valence-electron chi connectivity index (χ3n) is 5.41. The Labute approximate surface area is 193 Å². The Bertz CT molecular complexity index is 1010. The zero-order chi connectivity index (χ0) is 21.8. The molecule has 31 heavy (non-hydrogen) atoms. The summed E-state index contributed by atoms with van der Waals surface area (Å²) < 4.78 is 5.90. The number of furan rings is 1. The molecule has 0 bridgehead atoms. The smallest absolute Gasteiger partial charge is 0.171 e. The lowest BCUT2D eigenvalue weighted by Crippen LogP contribution is -2.39. The van der Waals surface area contributed by atoms with E-state index in [2.05, 4.69) is 40.4 Å². The molecule has 5 nitrogen and oxygen atoms in total. The van der Waals surface area contributed by atoms with Gasteiger partial charge in [0.2, 0.25) is 0 Å². The summed E-state index contributed by atoms with van der Waals surface area (Å²) in [5, 5.41) is 7.60. The Balaban J connectivity index is 1.29. The van der Waals surface area contributed by atoms with Gasteiger partial charge in [0.25, 0.3) is 0 Å². The molecule has 1 fully saturated rings. The summed E-state index contributed by atoms with van der Waals surface area (Å²) in [6, 6.07) is 15.5. The Kier molecular flexibility index (Phi) is 6.78. The van der Waals surface area contributed by atoms with Gasteiger partial charge in [-0.15, -0.1) is 0 Å². The number of halogens is 1. The molecule has 1 aliphatic rings. The summed E-state index contributed by atoms with van der Waals surface area (Å²) in [4.78, 5) is 7.00. The number of nitrogens with one attached hydrogen (secondary N) is 2. The highest BCUT2D eigenvalue weighted by molar-refractivity contribution is 7.80. The van der Waals surface area contributed by atoms with Crippen molar-refractivity contribution in [2.45, 2.75) is 26.8 Å². The van der Waals surface area contributed by atoms with Gasteiger partial charge in [0.05, 0.1) is 18.4 Å². The molecule has 0 spiro atoms. The van der Waals surface area contributed by atoms with Crippen LogP contribution >= 0.6 is 23.8 Å². The predicted octanol–water partition coefficient (Wildman–Crippen LogP) is 5.96. The molecular formula is C24H27ClN4OS. The molecular weight excluding hydrogens is 428 g/mol. The van der Waals surface area contributed by atoms with E-state index in [0.29, 0.717) is 28.5 Å². The molecule has 2 aromatic heterocycles. The largest absolute Gasteiger partial charge is 0.459 e. The first-order chi connectivity index (χ1) is 15.0. The van der Waals surface area contributed by atoms with Gasteiger partial charge in [0.15, 0.2) is 5.11 Å². The molecule has 4 rings (SSSR count). The van der Waals surface area contributed by atoms with Crippen LogP contribution in [-0.4, -0.2) is 23.2 Å². The zero-order valence-corrected chi connectivity index (χ0v) is 19.3. The number of pyridine rings is 1. The molecule has 3 heterocycles. The number of hydrogen-bond acceptors (Lipinski definition) is 4. The average molecular weight is 455 g/mol. The normalized spacial score (nSPS) is 18.6. The number of piperidine rings is 1. The van der Waals surface area contributed by atoms with Crippen molar-refractivity contribution in [1.82, 2.24) is 10.3 Å². The Morgan fingerprint density at radius 1 is 1.10 bits per heavy atom. The third kappa shape index (κ3) is 5.77. The number of hydrogen-bond donors (Lipinski definition) is 2. The number of aromatic nitrogens is 1.